The normalized spacial score (nSPS) is 25.0. The summed E-state index contributed by atoms with van der Waals surface area (Å²) in [6, 6.07) is 0.490. The number of hydrogen-bond acceptors (Lipinski definition) is 4. The molecule has 21 heavy (non-hydrogen) atoms. The Kier molecular flexibility index (Phi) is 4.92. The van der Waals surface area contributed by atoms with Gasteiger partial charge in [-0.1, -0.05) is 0 Å². The number of nitrogens with one attached hydrogen (secondary N) is 1. The Morgan fingerprint density at radius 2 is 2.14 bits per heavy atom. The summed E-state index contributed by atoms with van der Waals surface area (Å²) in [6.45, 7) is 6.96. The summed E-state index contributed by atoms with van der Waals surface area (Å²) in [5.41, 5.74) is 0. The fourth-order valence-corrected chi connectivity index (χ4v) is 3.37. The zero-order valence-electron chi connectivity index (χ0n) is 12.2. The van der Waals surface area contributed by atoms with Crippen molar-refractivity contribution in [1.29, 1.82) is 0 Å². The molecule has 0 radical (unpaired) electrons. The van der Waals surface area contributed by atoms with Crippen LogP contribution in [0.15, 0.2) is 16.9 Å². The smallest absolute Gasteiger partial charge is 0.221 e. The van der Waals surface area contributed by atoms with Crippen molar-refractivity contribution in [2.75, 3.05) is 45.8 Å². The Balaban J connectivity index is 1.43. The molecule has 1 amide bonds. The Morgan fingerprint density at radius 1 is 1.29 bits per heavy atom. The summed E-state index contributed by atoms with van der Waals surface area (Å²) in [5, 5.41) is 7.31. The number of carbonyl (C=O) groups is 1. The van der Waals surface area contributed by atoms with Crippen molar-refractivity contribution in [2.24, 2.45) is 0 Å². The Bertz CT molecular complexity index is 491. The van der Waals surface area contributed by atoms with Crippen molar-refractivity contribution in [3.8, 4) is 0 Å². The van der Waals surface area contributed by atoms with Gasteiger partial charge >= 0.3 is 0 Å². The molecule has 3 rings (SSSR count). The third-order valence-corrected chi connectivity index (χ3v) is 4.74. The average molecular weight is 356 g/mol. The van der Waals surface area contributed by atoms with Gasteiger partial charge in [0.05, 0.1) is 16.7 Å². The number of amides is 1. The molecule has 1 aromatic heterocycles. The fourth-order valence-electron chi connectivity index (χ4n) is 3.07. The number of carbonyl (C=O) groups excluding carboxylic acids is 1. The molecule has 2 aliphatic rings. The summed E-state index contributed by atoms with van der Waals surface area (Å²) in [4.78, 5) is 16.2. The number of halogens is 1. The van der Waals surface area contributed by atoms with Gasteiger partial charge in [-0.3, -0.25) is 19.3 Å². The van der Waals surface area contributed by atoms with Crippen LogP contribution >= 0.6 is 15.9 Å². The van der Waals surface area contributed by atoms with Gasteiger partial charge in [0, 0.05) is 58.4 Å². The van der Waals surface area contributed by atoms with E-state index in [0.717, 1.165) is 56.7 Å². The van der Waals surface area contributed by atoms with E-state index in [1.165, 1.54) is 0 Å². The third kappa shape index (κ3) is 4.05. The van der Waals surface area contributed by atoms with Gasteiger partial charge < -0.3 is 5.32 Å². The van der Waals surface area contributed by atoms with E-state index in [1.54, 1.807) is 0 Å². The van der Waals surface area contributed by atoms with Crippen LogP contribution in [-0.4, -0.2) is 71.3 Å². The predicted octanol–water partition coefficient (Wildman–Crippen LogP) is 0.714. The van der Waals surface area contributed by atoms with Crippen LogP contribution in [0.5, 0.6) is 0 Å². The fraction of sp³-hybridized carbons (Fsp3) is 0.714. The minimum Gasteiger partial charge on any atom is -0.355 e. The third-order valence-electron chi connectivity index (χ3n) is 4.33. The Hall–Kier alpha value is -0.920. The van der Waals surface area contributed by atoms with Gasteiger partial charge in [-0.05, 0) is 22.4 Å². The molecule has 0 aliphatic carbocycles. The van der Waals surface area contributed by atoms with Crippen LogP contribution in [-0.2, 0) is 4.79 Å². The number of hydrogen-bond donors (Lipinski definition) is 1. The number of nitrogens with zero attached hydrogens (tertiary/aromatic N) is 4. The molecule has 0 bridgehead atoms. The van der Waals surface area contributed by atoms with Gasteiger partial charge in [-0.25, -0.2) is 0 Å². The first kappa shape index (κ1) is 15.0. The highest BCUT2D eigenvalue weighted by Crippen LogP contribution is 2.22. The molecular weight excluding hydrogens is 334 g/mol. The van der Waals surface area contributed by atoms with Crippen LogP contribution in [0, 0.1) is 0 Å². The van der Waals surface area contributed by atoms with Gasteiger partial charge in [0.2, 0.25) is 5.91 Å². The van der Waals surface area contributed by atoms with Crippen LogP contribution in [0.4, 0.5) is 0 Å². The van der Waals surface area contributed by atoms with Crippen LogP contribution in [0.25, 0.3) is 0 Å². The van der Waals surface area contributed by atoms with Gasteiger partial charge in [-0.15, -0.1) is 0 Å². The molecule has 1 N–H and O–H groups in total. The van der Waals surface area contributed by atoms with Crippen LogP contribution in [0.1, 0.15) is 18.9 Å². The SMILES string of the molecule is O=C1CCN(CCN2CCC(n3cc(Br)cn3)C2)CCN1. The largest absolute Gasteiger partial charge is 0.355 e. The molecule has 2 aliphatic heterocycles. The van der Waals surface area contributed by atoms with E-state index in [4.69, 9.17) is 0 Å². The number of likely N-dealkylation sites (tertiary alicyclic amines) is 1. The van der Waals surface area contributed by atoms with Crippen LogP contribution < -0.4 is 5.32 Å². The topological polar surface area (TPSA) is 53.4 Å². The van der Waals surface area contributed by atoms with E-state index in [0.29, 0.717) is 12.5 Å². The summed E-state index contributed by atoms with van der Waals surface area (Å²) < 4.78 is 3.11. The first-order chi connectivity index (χ1) is 10.2. The second-order valence-electron chi connectivity index (χ2n) is 5.82. The van der Waals surface area contributed by atoms with Crippen molar-refractivity contribution >= 4 is 21.8 Å². The summed E-state index contributed by atoms with van der Waals surface area (Å²) in [5.74, 6) is 0.183. The maximum Gasteiger partial charge on any atom is 0.221 e. The van der Waals surface area contributed by atoms with Crippen molar-refractivity contribution in [3.63, 3.8) is 0 Å². The minimum absolute atomic E-state index is 0.183. The lowest BCUT2D eigenvalue weighted by Gasteiger charge is -2.23. The van der Waals surface area contributed by atoms with Gasteiger partial charge in [-0.2, -0.15) is 5.10 Å². The Morgan fingerprint density at radius 3 is 2.95 bits per heavy atom. The first-order valence-electron chi connectivity index (χ1n) is 7.62. The van der Waals surface area contributed by atoms with Crippen molar-refractivity contribution in [3.05, 3.63) is 16.9 Å². The van der Waals surface area contributed by atoms with E-state index in [9.17, 15) is 4.79 Å². The molecule has 1 aromatic rings. The molecule has 0 saturated carbocycles. The molecular formula is C14H22BrN5O. The van der Waals surface area contributed by atoms with E-state index in [1.807, 2.05) is 6.20 Å². The maximum absolute atomic E-state index is 11.3. The van der Waals surface area contributed by atoms with Crippen LogP contribution in [0.2, 0.25) is 0 Å². The quantitative estimate of drug-likeness (QED) is 0.864. The summed E-state index contributed by atoms with van der Waals surface area (Å²) in [6.07, 6.45) is 5.70. The zero-order chi connectivity index (χ0) is 14.7. The average Bonchev–Trinajstić information content (AvgIpc) is 3.05. The summed E-state index contributed by atoms with van der Waals surface area (Å²) in [7, 11) is 0. The molecule has 1 unspecified atom stereocenters. The van der Waals surface area contributed by atoms with Crippen molar-refractivity contribution in [1.82, 2.24) is 24.9 Å². The standard InChI is InChI=1S/C14H22BrN5O/c15-12-9-17-20(10-12)13-1-4-19(11-13)8-7-18-5-2-14(21)16-3-6-18/h9-10,13H,1-8,11H2,(H,16,21). The zero-order valence-corrected chi connectivity index (χ0v) is 13.8. The van der Waals surface area contributed by atoms with Crippen molar-refractivity contribution < 1.29 is 4.79 Å². The molecule has 1 atom stereocenters. The predicted molar refractivity (Wildman–Crippen MR) is 84.1 cm³/mol. The second-order valence-corrected chi connectivity index (χ2v) is 6.74. The highest BCUT2D eigenvalue weighted by molar-refractivity contribution is 9.10. The van der Waals surface area contributed by atoms with Crippen molar-refractivity contribution in [2.45, 2.75) is 18.9 Å². The van der Waals surface area contributed by atoms with E-state index in [2.05, 4.69) is 47.0 Å². The minimum atomic E-state index is 0.183. The van der Waals surface area contributed by atoms with E-state index >= 15 is 0 Å². The summed E-state index contributed by atoms with van der Waals surface area (Å²) >= 11 is 3.45. The molecule has 2 saturated heterocycles. The molecule has 2 fully saturated rings. The highest BCUT2D eigenvalue weighted by Gasteiger charge is 2.24. The van der Waals surface area contributed by atoms with E-state index < -0.39 is 0 Å². The second kappa shape index (κ2) is 6.89. The maximum atomic E-state index is 11.3. The van der Waals surface area contributed by atoms with Gasteiger partial charge in [0.1, 0.15) is 0 Å². The van der Waals surface area contributed by atoms with Gasteiger partial charge in [0.15, 0.2) is 0 Å². The lowest BCUT2D eigenvalue weighted by Crippen LogP contribution is -2.36. The number of aromatic nitrogens is 2. The monoisotopic (exact) mass is 355 g/mol. The highest BCUT2D eigenvalue weighted by atomic mass is 79.9. The molecule has 7 heteroatoms. The van der Waals surface area contributed by atoms with E-state index in [-0.39, 0.29) is 5.91 Å². The molecule has 3 heterocycles. The molecule has 6 nitrogen and oxygen atoms in total. The lowest BCUT2D eigenvalue weighted by molar-refractivity contribution is -0.120. The first-order valence-corrected chi connectivity index (χ1v) is 8.41. The lowest BCUT2D eigenvalue weighted by atomic mass is 10.3. The molecule has 0 aromatic carbocycles. The molecule has 116 valence electrons. The number of rotatable bonds is 4. The van der Waals surface area contributed by atoms with Gasteiger partial charge in [0.25, 0.3) is 0 Å². The van der Waals surface area contributed by atoms with Crippen LogP contribution in [0.3, 0.4) is 0 Å². The Labute approximate surface area is 133 Å². The molecule has 0 spiro atoms.